The molecular formula is C17H30N4O4S. The zero-order valence-corrected chi connectivity index (χ0v) is 16.6. The third kappa shape index (κ3) is 4.20. The molecule has 3 aliphatic rings. The van der Waals surface area contributed by atoms with Crippen molar-refractivity contribution >= 4 is 21.8 Å². The summed E-state index contributed by atoms with van der Waals surface area (Å²) in [5.41, 5.74) is 0. The largest absolute Gasteiger partial charge is 0.354 e. The van der Waals surface area contributed by atoms with Gasteiger partial charge in [0.1, 0.15) is 6.04 Å². The number of nitrogens with zero attached hydrogens (tertiary/aromatic N) is 2. The van der Waals surface area contributed by atoms with Crippen LogP contribution in [0.25, 0.3) is 0 Å². The number of piperazine rings is 1. The maximum Gasteiger partial charge on any atom is 0.242 e. The topological polar surface area (TPSA) is 98.8 Å². The fourth-order valence-corrected chi connectivity index (χ4v) is 4.96. The molecule has 1 aliphatic carbocycles. The summed E-state index contributed by atoms with van der Waals surface area (Å²) < 4.78 is 25.7. The van der Waals surface area contributed by atoms with Crippen molar-refractivity contribution in [2.24, 2.45) is 5.92 Å². The Morgan fingerprint density at radius 1 is 1.23 bits per heavy atom. The fraction of sp³-hybridized carbons (Fsp3) is 0.882. The minimum atomic E-state index is -3.29. The predicted molar refractivity (Wildman–Crippen MR) is 97.9 cm³/mol. The van der Waals surface area contributed by atoms with Gasteiger partial charge in [0.05, 0.1) is 6.26 Å². The first-order valence-electron chi connectivity index (χ1n) is 9.47. The van der Waals surface area contributed by atoms with Gasteiger partial charge in [-0.3, -0.25) is 14.5 Å². The summed E-state index contributed by atoms with van der Waals surface area (Å²) in [5.74, 6) is -0.157. The number of rotatable bonds is 6. The first-order chi connectivity index (χ1) is 12.2. The number of amides is 2. The molecule has 2 saturated heterocycles. The van der Waals surface area contributed by atoms with E-state index in [-0.39, 0.29) is 35.9 Å². The van der Waals surface area contributed by atoms with E-state index in [1.54, 1.807) is 0 Å². The summed E-state index contributed by atoms with van der Waals surface area (Å²) in [7, 11) is -3.29. The maximum atomic E-state index is 13.1. The summed E-state index contributed by atoms with van der Waals surface area (Å²) in [5, 5.41) is 2.91. The molecule has 2 N–H and O–H groups in total. The molecule has 8 nitrogen and oxygen atoms in total. The molecule has 9 heteroatoms. The molecule has 26 heavy (non-hydrogen) atoms. The summed E-state index contributed by atoms with van der Waals surface area (Å²) in [4.78, 5) is 29.1. The van der Waals surface area contributed by atoms with Crippen LogP contribution in [0.1, 0.15) is 39.5 Å². The van der Waals surface area contributed by atoms with E-state index in [1.165, 1.54) is 6.42 Å². The van der Waals surface area contributed by atoms with Crippen LogP contribution in [-0.2, 0) is 19.6 Å². The second-order valence-corrected chi connectivity index (χ2v) is 9.94. The lowest BCUT2D eigenvalue weighted by molar-refractivity contribution is -0.147. The normalized spacial score (nSPS) is 30.4. The van der Waals surface area contributed by atoms with Gasteiger partial charge in [-0.1, -0.05) is 20.3 Å². The first-order valence-corrected chi connectivity index (χ1v) is 11.4. The highest BCUT2D eigenvalue weighted by molar-refractivity contribution is 7.88. The van der Waals surface area contributed by atoms with Crippen LogP contribution in [0.5, 0.6) is 0 Å². The van der Waals surface area contributed by atoms with E-state index in [0.717, 1.165) is 25.6 Å². The van der Waals surface area contributed by atoms with Crippen LogP contribution in [0.3, 0.4) is 0 Å². The standard InChI is InChI=1S/C17H30N4O4S/c1-11(2)16(22)18-8-15-17(23)21-9-12(19-26(3,24)25)7-14(21)10-20(15)13-5-4-6-13/h11-15,19H,4-10H2,1-3H3,(H,18,22)/t12-,14-,15-/m0/s1. The number of carbonyl (C=O) groups is 2. The van der Waals surface area contributed by atoms with Gasteiger partial charge in [0.15, 0.2) is 0 Å². The number of carbonyl (C=O) groups excluding carboxylic acids is 2. The lowest BCUT2D eigenvalue weighted by atomic mass is 9.88. The van der Waals surface area contributed by atoms with Crippen molar-refractivity contribution < 1.29 is 18.0 Å². The molecule has 3 fully saturated rings. The molecule has 0 unspecified atom stereocenters. The smallest absolute Gasteiger partial charge is 0.242 e. The van der Waals surface area contributed by atoms with Gasteiger partial charge in [-0.25, -0.2) is 13.1 Å². The summed E-state index contributed by atoms with van der Waals surface area (Å²) >= 11 is 0. The van der Waals surface area contributed by atoms with E-state index < -0.39 is 10.0 Å². The van der Waals surface area contributed by atoms with Crippen LogP contribution in [0, 0.1) is 5.92 Å². The van der Waals surface area contributed by atoms with Gasteiger partial charge in [0.25, 0.3) is 0 Å². The molecule has 0 aromatic carbocycles. The van der Waals surface area contributed by atoms with E-state index in [1.807, 2.05) is 18.7 Å². The Hall–Kier alpha value is -1.19. The van der Waals surface area contributed by atoms with E-state index in [4.69, 9.17) is 0 Å². The van der Waals surface area contributed by atoms with E-state index >= 15 is 0 Å². The van der Waals surface area contributed by atoms with Crippen molar-refractivity contribution in [3.63, 3.8) is 0 Å². The Morgan fingerprint density at radius 3 is 2.46 bits per heavy atom. The molecule has 0 bridgehead atoms. The quantitative estimate of drug-likeness (QED) is 0.642. The van der Waals surface area contributed by atoms with Crippen LogP contribution in [0.2, 0.25) is 0 Å². The van der Waals surface area contributed by atoms with Crippen molar-refractivity contribution in [1.82, 2.24) is 19.8 Å². The zero-order valence-electron chi connectivity index (χ0n) is 15.8. The van der Waals surface area contributed by atoms with Crippen molar-refractivity contribution in [3.05, 3.63) is 0 Å². The lowest BCUT2D eigenvalue weighted by Gasteiger charge is -2.49. The van der Waals surface area contributed by atoms with Crippen LogP contribution in [0.15, 0.2) is 0 Å². The fourth-order valence-electron chi connectivity index (χ4n) is 4.18. The van der Waals surface area contributed by atoms with Crippen molar-refractivity contribution in [3.8, 4) is 0 Å². The Morgan fingerprint density at radius 2 is 1.92 bits per heavy atom. The summed E-state index contributed by atoms with van der Waals surface area (Å²) in [6.45, 7) is 5.14. The molecule has 3 atom stereocenters. The number of nitrogens with one attached hydrogen (secondary N) is 2. The van der Waals surface area contributed by atoms with Crippen molar-refractivity contribution in [2.45, 2.75) is 63.7 Å². The molecule has 0 aromatic heterocycles. The Kier molecular flexibility index (Phi) is 5.60. The highest BCUT2D eigenvalue weighted by Crippen LogP contribution is 2.33. The molecule has 0 aromatic rings. The van der Waals surface area contributed by atoms with Crippen LogP contribution < -0.4 is 10.0 Å². The maximum absolute atomic E-state index is 13.1. The van der Waals surface area contributed by atoms with Gasteiger partial charge >= 0.3 is 0 Å². The molecule has 0 spiro atoms. The molecule has 2 amide bonds. The highest BCUT2D eigenvalue weighted by Gasteiger charge is 2.48. The van der Waals surface area contributed by atoms with Gasteiger partial charge in [0.2, 0.25) is 21.8 Å². The van der Waals surface area contributed by atoms with E-state index in [2.05, 4.69) is 14.9 Å². The zero-order chi connectivity index (χ0) is 19.1. The Labute approximate surface area is 155 Å². The third-order valence-corrected chi connectivity index (χ3v) is 6.48. The Balaban J connectivity index is 1.71. The van der Waals surface area contributed by atoms with Crippen LogP contribution >= 0.6 is 0 Å². The highest BCUT2D eigenvalue weighted by atomic mass is 32.2. The molecule has 1 saturated carbocycles. The lowest BCUT2D eigenvalue weighted by Crippen LogP contribution is -2.65. The number of sulfonamides is 1. The van der Waals surface area contributed by atoms with Crippen molar-refractivity contribution in [1.29, 1.82) is 0 Å². The van der Waals surface area contributed by atoms with Gasteiger partial charge in [-0.15, -0.1) is 0 Å². The second kappa shape index (κ2) is 7.44. The number of hydrogen-bond donors (Lipinski definition) is 2. The molecule has 2 heterocycles. The average molecular weight is 387 g/mol. The SMILES string of the molecule is CC(C)C(=O)NC[C@H]1C(=O)N2C[C@@H](NS(C)(=O)=O)C[C@H]2CN1C1CCC1. The van der Waals surface area contributed by atoms with Gasteiger partial charge in [-0.2, -0.15) is 0 Å². The van der Waals surface area contributed by atoms with Crippen LogP contribution in [-0.4, -0.2) is 80.1 Å². The molecular weight excluding hydrogens is 356 g/mol. The van der Waals surface area contributed by atoms with Crippen molar-refractivity contribution in [2.75, 3.05) is 25.9 Å². The third-order valence-electron chi connectivity index (χ3n) is 5.72. The van der Waals surface area contributed by atoms with Gasteiger partial charge in [-0.05, 0) is 19.3 Å². The van der Waals surface area contributed by atoms with Gasteiger partial charge in [0, 0.05) is 43.7 Å². The van der Waals surface area contributed by atoms with Gasteiger partial charge < -0.3 is 10.2 Å². The summed E-state index contributed by atoms with van der Waals surface area (Å²) in [6, 6.07) is -0.147. The van der Waals surface area contributed by atoms with E-state index in [0.29, 0.717) is 25.6 Å². The number of fused-ring (bicyclic) bond motifs is 1. The second-order valence-electron chi connectivity index (χ2n) is 8.16. The molecule has 2 aliphatic heterocycles. The summed E-state index contributed by atoms with van der Waals surface area (Å²) in [6.07, 6.45) is 5.14. The Bertz CT molecular complexity index is 662. The molecule has 3 rings (SSSR count). The number of hydrogen-bond acceptors (Lipinski definition) is 5. The molecule has 0 radical (unpaired) electrons. The predicted octanol–water partition coefficient (Wildman–Crippen LogP) is -0.486. The average Bonchev–Trinajstić information content (AvgIpc) is 2.85. The monoisotopic (exact) mass is 386 g/mol. The first kappa shape index (κ1) is 19.6. The van der Waals surface area contributed by atoms with Crippen LogP contribution in [0.4, 0.5) is 0 Å². The molecule has 148 valence electrons. The minimum absolute atomic E-state index is 0.00927. The minimum Gasteiger partial charge on any atom is -0.354 e. The van der Waals surface area contributed by atoms with E-state index in [9.17, 15) is 18.0 Å².